The fourth-order valence-electron chi connectivity index (χ4n) is 1.47. The topological polar surface area (TPSA) is 37.8 Å². The lowest BCUT2D eigenvalue weighted by atomic mass is 10.2. The summed E-state index contributed by atoms with van der Waals surface area (Å²) in [7, 11) is 0. The Hall–Kier alpha value is -1.53. The van der Waals surface area contributed by atoms with Crippen LogP contribution in [-0.4, -0.2) is 9.97 Å². The van der Waals surface area contributed by atoms with E-state index in [4.69, 9.17) is 23.2 Å². The molecule has 1 N–H and O–H groups in total. The van der Waals surface area contributed by atoms with Gasteiger partial charge in [-0.25, -0.2) is 9.97 Å². The second-order valence-electron chi connectivity index (χ2n) is 3.88. The van der Waals surface area contributed by atoms with E-state index in [9.17, 15) is 13.2 Å². The number of alkyl halides is 3. The van der Waals surface area contributed by atoms with Gasteiger partial charge in [0.05, 0.1) is 0 Å². The van der Waals surface area contributed by atoms with Gasteiger partial charge in [0.15, 0.2) is 0 Å². The number of nitrogens with one attached hydrogen (secondary N) is 1. The Kier molecular flexibility index (Phi) is 4.35. The van der Waals surface area contributed by atoms with E-state index in [2.05, 4.69) is 15.3 Å². The highest BCUT2D eigenvalue weighted by molar-refractivity contribution is 6.30. The summed E-state index contributed by atoms with van der Waals surface area (Å²) in [6.45, 7) is 0.269. The predicted molar refractivity (Wildman–Crippen MR) is 70.8 cm³/mol. The highest BCUT2D eigenvalue weighted by Gasteiger charge is 2.35. The van der Waals surface area contributed by atoms with Crippen LogP contribution in [0, 0.1) is 0 Å². The number of anilines is 1. The highest BCUT2D eigenvalue weighted by atomic mass is 35.5. The van der Waals surface area contributed by atoms with Crippen molar-refractivity contribution < 1.29 is 13.2 Å². The van der Waals surface area contributed by atoms with E-state index in [0.29, 0.717) is 5.02 Å². The van der Waals surface area contributed by atoms with Gasteiger partial charge in [0, 0.05) is 17.6 Å². The van der Waals surface area contributed by atoms with Gasteiger partial charge < -0.3 is 5.32 Å². The van der Waals surface area contributed by atoms with Crippen LogP contribution < -0.4 is 5.32 Å². The van der Waals surface area contributed by atoms with Gasteiger partial charge in [0.2, 0.25) is 5.82 Å². The molecule has 0 amide bonds. The summed E-state index contributed by atoms with van der Waals surface area (Å²) >= 11 is 11.4. The molecule has 20 heavy (non-hydrogen) atoms. The van der Waals surface area contributed by atoms with Crippen molar-refractivity contribution in [3.8, 4) is 0 Å². The van der Waals surface area contributed by atoms with Crippen LogP contribution in [0.15, 0.2) is 30.3 Å². The average molecular weight is 322 g/mol. The van der Waals surface area contributed by atoms with E-state index in [-0.39, 0.29) is 17.5 Å². The Morgan fingerprint density at radius 3 is 2.50 bits per heavy atom. The molecule has 0 atom stereocenters. The predicted octanol–water partition coefficient (Wildman–Crippen LogP) is 4.41. The summed E-state index contributed by atoms with van der Waals surface area (Å²) in [5, 5.41) is 3.01. The van der Waals surface area contributed by atoms with Gasteiger partial charge in [-0.2, -0.15) is 13.2 Å². The summed E-state index contributed by atoms with van der Waals surface area (Å²) in [5.41, 5.74) is 0.806. The number of rotatable bonds is 3. The van der Waals surface area contributed by atoms with Gasteiger partial charge in [-0.1, -0.05) is 35.3 Å². The molecule has 1 aromatic heterocycles. The molecule has 2 rings (SSSR count). The van der Waals surface area contributed by atoms with Crippen LogP contribution in [0.1, 0.15) is 11.4 Å². The molecule has 0 saturated heterocycles. The maximum Gasteiger partial charge on any atom is 0.451 e. The molecule has 0 bridgehead atoms. The van der Waals surface area contributed by atoms with Crippen molar-refractivity contribution in [1.29, 1.82) is 0 Å². The first-order valence-corrected chi connectivity index (χ1v) is 6.20. The molecule has 0 spiro atoms. The molecule has 0 radical (unpaired) electrons. The van der Waals surface area contributed by atoms with Crippen LogP contribution in [-0.2, 0) is 12.7 Å². The Balaban J connectivity index is 2.16. The van der Waals surface area contributed by atoms with Crippen molar-refractivity contribution in [2.75, 3.05) is 5.32 Å². The fourth-order valence-corrected chi connectivity index (χ4v) is 1.87. The van der Waals surface area contributed by atoms with Crippen molar-refractivity contribution in [2.24, 2.45) is 0 Å². The number of halogens is 5. The quantitative estimate of drug-likeness (QED) is 0.851. The molecule has 0 fully saturated rings. The first kappa shape index (κ1) is 14.9. The minimum atomic E-state index is -4.64. The second-order valence-corrected chi connectivity index (χ2v) is 4.70. The molecular formula is C12H8Cl2F3N3. The number of hydrogen-bond acceptors (Lipinski definition) is 3. The van der Waals surface area contributed by atoms with Crippen LogP contribution in [0.2, 0.25) is 10.2 Å². The molecule has 1 heterocycles. The lowest BCUT2D eigenvalue weighted by molar-refractivity contribution is -0.144. The Morgan fingerprint density at radius 2 is 1.85 bits per heavy atom. The van der Waals surface area contributed by atoms with Gasteiger partial charge in [-0.15, -0.1) is 0 Å². The largest absolute Gasteiger partial charge is 0.451 e. The molecule has 0 saturated carbocycles. The Labute approximate surface area is 122 Å². The first-order chi connectivity index (χ1) is 9.34. The molecule has 2 aromatic rings. The third kappa shape index (κ3) is 3.98. The van der Waals surface area contributed by atoms with Crippen LogP contribution in [0.3, 0.4) is 0 Å². The third-order valence-electron chi connectivity index (χ3n) is 2.31. The van der Waals surface area contributed by atoms with Crippen molar-refractivity contribution in [1.82, 2.24) is 9.97 Å². The van der Waals surface area contributed by atoms with Crippen molar-refractivity contribution in [3.05, 3.63) is 51.9 Å². The Bertz CT molecular complexity index is 617. The minimum absolute atomic E-state index is 0.00250. The zero-order valence-corrected chi connectivity index (χ0v) is 11.4. The summed E-state index contributed by atoms with van der Waals surface area (Å²) in [6.07, 6.45) is -4.64. The first-order valence-electron chi connectivity index (χ1n) is 5.45. The van der Waals surface area contributed by atoms with Crippen LogP contribution in [0.5, 0.6) is 0 Å². The zero-order chi connectivity index (χ0) is 14.8. The molecule has 106 valence electrons. The molecule has 0 aliphatic carbocycles. The van der Waals surface area contributed by atoms with E-state index < -0.39 is 12.0 Å². The van der Waals surface area contributed by atoms with Crippen LogP contribution in [0.25, 0.3) is 0 Å². The van der Waals surface area contributed by atoms with Crippen molar-refractivity contribution in [3.63, 3.8) is 0 Å². The number of hydrogen-bond donors (Lipinski definition) is 1. The van der Waals surface area contributed by atoms with Gasteiger partial charge in [-0.3, -0.25) is 0 Å². The van der Waals surface area contributed by atoms with E-state index in [0.717, 1.165) is 5.56 Å². The summed E-state index contributed by atoms with van der Waals surface area (Å²) in [6, 6.07) is 8.15. The minimum Gasteiger partial charge on any atom is -0.366 e. The maximum absolute atomic E-state index is 12.5. The van der Waals surface area contributed by atoms with E-state index in [1.807, 2.05) is 0 Å². The van der Waals surface area contributed by atoms with Gasteiger partial charge in [-0.05, 0) is 17.7 Å². The zero-order valence-electron chi connectivity index (χ0n) is 9.88. The average Bonchev–Trinajstić information content (AvgIpc) is 2.35. The summed E-state index contributed by atoms with van der Waals surface area (Å²) in [5.74, 6) is -1.28. The van der Waals surface area contributed by atoms with Gasteiger partial charge in [0.1, 0.15) is 11.0 Å². The monoisotopic (exact) mass is 321 g/mol. The lowest BCUT2D eigenvalue weighted by Gasteiger charge is -2.10. The third-order valence-corrected chi connectivity index (χ3v) is 2.74. The molecular weight excluding hydrogens is 314 g/mol. The SMILES string of the molecule is FC(F)(F)c1nc(Cl)cc(NCc2cccc(Cl)c2)n1. The summed E-state index contributed by atoms with van der Waals surface area (Å²) in [4.78, 5) is 6.52. The normalized spacial score (nSPS) is 11.4. The van der Waals surface area contributed by atoms with E-state index in [1.165, 1.54) is 6.07 Å². The van der Waals surface area contributed by atoms with E-state index >= 15 is 0 Å². The number of aromatic nitrogens is 2. The van der Waals surface area contributed by atoms with Crippen molar-refractivity contribution in [2.45, 2.75) is 12.7 Å². The number of benzene rings is 1. The lowest BCUT2D eigenvalue weighted by Crippen LogP contribution is -2.13. The van der Waals surface area contributed by atoms with Crippen LogP contribution >= 0.6 is 23.2 Å². The molecule has 0 unspecified atom stereocenters. The van der Waals surface area contributed by atoms with Gasteiger partial charge in [0.25, 0.3) is 0 Å². The second kappa shape index (κ2) is 5.85. The highest BCUT2D eigenvalue weighted by Crippen LogP contribution is 2.28. The summed E-state index contributed by atoms with van der Waals surface area (Å²) < 4.78 is 37.6. The fraction of sp³-hybridized carbons (Fsp3) is 0.167. The smallest absolute Gasteiger partial charge is 0.366 e. The molecule has 1 aromatic carbocycles. The maximum atomic E-state index is 12.5. The van der Waals surface area contributed by atoms with Crippen LogP contribution in [0.4, 0.5) is 19.0 Å². The molecule has 0 aliphatic heterocycles. The Morgan fingerprint density at radius 1 is 1.10 bits per heavy atom. The molecule has 8 heteroatoms. The van der Waals surface area contributed by atoms with E-state index in [1.54, 1.807) is 24.3 Å². The standard InChI is InChI=1S/C12H8Cl2F3N3/c13-8-3-1-2-7(4-8)6-18-10-5-9(14)19-11(20-10)12(15,16)17/h1-5H,6H2,(H,18,19,20). The molecule has 3 nitrogen and oxygen atoms in total. The number of nitrogens with zero attached hydrogens (tertiary/aromatic N) is 2. The van der Waals surface area contributed by atoms with Gasteiger partial charge >= 0.3 is 6.18 Å². The molecule has 0 aliphatic rings. The van der Waals surface area contributed by atoms with Crippen molar-refractivity contribution >= 4 is 29.0 Å².